The van der Waals surface area contributed by atoms with E-state index in [1.54, 1.807) is 23.2 Å². The molecule has 0 unspecified atom stereocenters. The Morgan fingerprint density at radius 2 is 1.69 bits per heavy atom. The summed E-state index contributed by atoms with van der Waals surface area (Å²) in [6.45, 7) is 2.87. The first-order valence-corrected chi connectivity index (χ1v) is 13.9. The fourth-order valence-electron chi connectivity index (χ4n) is 6.16. The molecule has 0 N–H and O–H groups in total. The summed E-state index contributed by atoms with van der Waals surface area (Å²) in [4.78, 5) is 31.5. The molecular formula is C29H35F3N4O3. The van der Waals surface area contributed by atoms with E-state index in [2.05, 4.69) is 10.2 Å². The number of amides is 1. The summed E-state index contributed by atoms with van der Waals surface area (Å²) in [6, 6.07) is 10.7. The van der Waals surface area contributed by atoms with Gasteiger partial charge in [0.2, 0.25) is 5.88 Å². The van der Waals surface area contributed by atoms with Gasteiger partial charge in [-0.25, -0.2) is 4.98 Å². The standard InChI is InChI=1S/C29H35F3N4O3/c30-29(31,32)28(12-1-2-13-28)20-35-14-9-21(10-15-35)19-39-26-8-7-24(17-33-26)22-3-5-23(6-4-22)27(37)36-16-11-25(18-36)34-38/h3-8,17,21,25H,1-2,9-16,18-20H2/t25-/m0/s1. The van der Waals surface area contributed by atoms with Gasteiger partial charge in [0.1, 0.15) is 6.04 Å². The second kappa shape index (κ2) is 11.6. The fourth-order valence-corrected chi connectivity index (χ4v) is 6.16. The average Bonchev–Trinajstić information content (AvgIpc) is 3.63. The summed E-state index contributed by atoms with van der Waals surface area (Å²) < 4.78 is 47.1. The first-order chi connectivity index (χ1) is 18.8. The first kappa shape index (κ1) is 27.6. The Kier molecular flexibility index (Phi) is 8.21. The van der Waals surface area contributed by atoms with E-state index in [0.717, 1.165) is 24.0 Å². The number of alkyl halides is 3. The zero-order valence-corrected chi connectivity index (χ0v) is 22.0. The van der Waals surface area contributed by atoms with Crippen molar-refractivity contribution in [3.8, 4) is 17.0 Å². The molecule has 1 saturated carbocycles. The van der Waals surface area contributed by atoms with Gasteiger partial charge in [-0.1, -0.05) is 30.2 Å². The summed E-state index contributed by atoms with van der Waals surface area (Å²) in [7, 11) is 0. The van der Waals surface area contributed by atoms with Crippen molar-refractivity contribution >= 4 is 5.91 Å². The molecule has 0 spiro atoms. The minimum atomic E-state index is -4.13. The lowest BCUT2D eigenvalue weighted by Crippen LogP contribution is -2.48. The number of rotatable bonds is 8. The van der Waals surface area contributed by atoms with Crippen LogP contribution in [0.5, 0.6) is 5.88 Å². The maximum Gasteiger partial charge on any atom is 0.395 e. The Balaban J connectivity index is 1.08. The molecule has 2 aromatic rings. The molecule has 2 aliphatic heterocycles. The molecule has 5 rings (SSSR count). The van der Waals surface area contributed by atoms with Gasteiger partial charge in [-0.3, -0.25) is 4.79 Å². The zero-order chi connectivity index (χ0) is 27.5. The number of carbonyl (C=O) groups excluding carboxylic acids is 1. The molecule has 1 amide bonds. The molecule has 3 heterocycles. The van der Waals surface area contributed by atoms with Crippen LogP contribution in [-0.2, 0) is 0 Å². The van der Waals surface area contributed by atoms with E-state index in [-0.39, 0.29) is 31.3 Å². The van der Waals surface area contributed by atoms with Crippen LogP contribution in [0.4, 0.5) is 13.2 Å². The molecule has 7 nitrogen and oxygen atoms in total. The van der Waals surface area contributed by atoms with Gasteiger partial charge in [-0.15, -0.1) is 0 Å². The summed E-state index contributed by atoms with van der Waals surface area (Å²) in [5.74, 6) is 0.715. The summed E-state index contributed by atoms with van der Waals surface area (Å²) >= 11 is 0. The molecule has 0 radical (unpaired) electrons. The maximum atomic E-state index is 13.7. The van der Waals surface area contributed by atoms with E-state index in [9.17, 15) is 22.9 Å². The van der Waals surface area contributed by atoms with Gasteiger partial charge < -0.3 is 14.5 Å². The maximum absolute atomic E-state index is 13.7. The summed E-state index contributed by atoms with van der Waals surface area (Å²) in [5, 5.41) is 3.05. The number of likely N-dealkylation sites (tertiary alicyclic amines) is 2. The van der Waals surface area contributed by atoms with Crippen molar-refractivity contribution in [2.24, 2.45) is 16.5 Å². The molecule has 2 saturated heterocycles. The van der Waals surface area contributed by atoms with Crippen LogP contribution in [-0.4, -0.2) is 72.2 Å². The van der Waals surface area contributed by atoms with Gasteiger partial charge >= 0.3 is 6.18 Å². The topological polar surface area (TPSA) is 75.1 Å². The lowest BCUT2D eigenvalue weighted by molar-refractivity contribution is -0.228. The summed E-state index contributed by atoms with van der Waals surface area (Å²) in [6.07, 6.45) is 1.69. The molecule has 1 aliphatic carbocycles. The van der Waals surface area contributed by atoms with Crippen LogP contribution in [0, 0.1) is 16.2 Å². The van der Waals surface area contributed by atoms with Gasteiger partial charge in [-0.05, 0) is 74.9 Å². The van der Waals surface area contributed by atoms with Crippen LogP contribution in [0.25, 0.3) is 11.1 Å². The van der Waals surface area contributed by atoms with Crippen molar-refractivity contribution in [1.82, 2.24) is 14.8 Å². The Hall–Kier alpha value is -3.01. The number of nitrogens with zero attached hydrogens (tertiary/aromatic N) is 4. The smallest absolute Gasteiger partial charge is 0.395 e. The Labute approximate surface area is 226 Å². The van der Waals surface area contributed by atoms with Crippen molar-refractivity contribution < 1.29 is 22.7 Å². The molecule has 0 bridgehead atoms. The van der Waals surface area contributed by atoms with Crippen LogP contribution < -0.4 is 4.74 Å². The first-order valence-electron chi connectivity index (χ1n) is 13.9. The molecule has 39 heavy (non-hydrogen) atoms. The van der Waals surface area contributed by atoms with Crippen LogP contribution in [0.2, 0.25) is 0 Å². The molecule has 210 valence electrons. The van der Waals surface area contributed by atoms with Crippen LogP contribution in [0.3, 0.4) is 0 Å². The predicted octanol–water partition coefficient (Wildman–Crippen LogP) is 5.94. The third kappa shape index (κ3) is 6.26. The molecular weight excluding hydrogens is 509 g/mol. The zero-order valence-electron chi connectivity index (χ0n) is 22.0. The van der Waals surface area contributed by atoms with Gasteiger partial charge in [0, 0.05) is 43.0 Å². The van der Waals surface area contributed by atoms with Crippen molar-refractivity contribution in [3.63, 3.8) is 0 Å². The molecule has 1 aromatic heterocycles. The second-order valence-corrected chi connectivity index (χ2v) is 11.3. The average molecular weight is 545 g/mol. The summed E-state index contributed by atoms with van der Waals surface area (Å²) in [5.41, 5.74) is 0.864. The van der Waals surface area contributed by atoms with Crippen LogP contribution >= 0.6 is 0 Å². The van der Waals surface area contributed by atoms with E-state index in [4.69, 9.17) is 4.74 Å². The number of carbonyl (C=O) groups is 1. The highest BCUT2D eigenvalue weighted by atomic mass is 19.4. The van der Waals surface area contributed by atoms with Crippen molar-refractivity contribution in [3.05, 3.63) is 53.1 Å². The fraction of sp³-hybridized carbons (Fsp3) is 0.586. The Morgan fingerprint density at radius 3 is 2.28 bits per heavy atom. The van der Waals surface area contributed by atoms with E-state index in [1.165, 1.54) is 0 Å². The normalized spacial score (nSPS) is 22.2. The Bertz CT molecular complexity index is 1130. The largest absolute Gasteiger partial charge is 0.477 e. The monoisotopic (exact) mass is 544 g/mol. The highest BCUT2D eigenvalue weighted by molar-refractivity contribution is 5.95. The van der Waals surface area contributed by atoms with E-state index in [0.29, 0.717) is 69.4 Å². The lowest BCUT2D eigenvalue weighted by atomic mass is 9.83. The number of hydrogen-bond acceptors (Lipinski definition) is 6. The highest BCUT2D eigenvalue weighted by Crippen LogP contribution is 2.51. The second-order valence-electron chi connectivity index (χ2n) is 11.3. The quantitative estimate of drug-likeness (QED) is 0.385. The van der Waals surface area contributed by atoms with Gasteiger partial charge in [0.25, 0.3) is 5.91 Å². The van der Waals surface area contributed by atoms with E-state index < -0.39 is 11.6 Å². The number of hydrogen-bond donors (Lipinski definition) is 0. The molecule has 3 aliphatic rings. The minimum Gasteiger partial charge on any atom is -0.477 e. The molecule has 3 fully saturated rings. The number of benzene rings is 1. The van der Waals surface area contributed by atoms with Crippen molar-refractivity contribution in [2.75, 3.05) is 39.3 Å². The van der Waals surface area contributed by atoms with Crippen molar-refractivity contribution in [2.45, 2.75) is 57.2 Å². The third-order valence-corrected chi connectivity index (χ3v) is 8.66. The minimum absolute atomic E-state index is 0.0983. The number of ether oxygens (including phenoxy) is 1. The molecule has 1 atom stereocenters. The number of piperidine rings is 1. The number of aromatic nitrogens is 1. The Morgan fingerprint density at radius 1 is 1.00 bits per heavy atom. The van der Waals surface area contributed by atoms with E-state index >= 15 is 0 Å². The SMILES string of the molecule is O=N[C@H]1CCN(C(=O)c2ccc(-c3ccc(OCC4CCN(CC5(C(F)(F)F)CCCC5)CC4)nc3)cc2)C1. The molecule has 10 heteroatoms. The predicted molar refractivity (Wildman–Crippen MR) is 141 cm³/mol. The van der Waals surface area contributed by atoms with Gasteiger partial charge in [-0.2, -0.15) is 18.1 Å². The number of halogens is 3. The van der Waals surface area contributed by atoms with Crippen molar-refractivity contribution in [1.29, 1.82) is 0 Å². The highest BCUT2D eigenvalue weighted by Gasteiger charge is 2.56. The van der Waals surface area contributed by atoms with Gasteiger partial charge in [0.05, 0.1) is 12.0 Å². The number of pyridine rings is 1. The van der Waals surface area contributed by atoms with E-state index in [1.807, 2.05) is 29.2 Å². The van der Waals surface area contributed by atoms with Crippen LogP contribution in [0.1, 0.15) is 55.3 Å². The molecule has 1 aromatic carbocycles. The van der Waals surface area contributed by atoms with Crippen LogP contribution in [0.15, 0.2) is 47.8 Å². The van der Waals surface area contributed by atoms with Gasteiger partial charge in [0.15, 0.2) is 0 Å². The third-order valence-electron chi connectivity index (χ3n) is 8.66. The number of nitroso groups, excluding NO2 is 1. The lowest BCUT2D eigenvalue weighted by Gasteiger charge is -2.40.